The second-order valence-corrected chi connectivity index (χ2v) is 4.84. The molecule has 6 nitrogen and oxygen atoms in total. The van der Waals surface area contributed by atoms with Gasteiger partial charge in [-0.25, -0.2) is 4.39 Å². The van der Waals surface area contributed by atoms with Gasteiger partial charge in [0.25, 0.3) is 0 Å². The lowest BCUT2D eigenvalue weighted by Crippen LogP contribution is -2.68. The molecule has 0 amide bonds. The van der Waals surface area contributed by atoms with Crippen LogP contribution in [0.5, 0.6) is 0 Å². The number of fused-ring (bicyclic) bond motifs is 1. The van der Waals surface area contributed by atoms with Crippen molar-refractivity contribution in [2.45, 2.75) is 0 Å². The van der Waals surface area contributed by atoms with Crippen molar-refractivity contribution < 1.29 is 27.7 Å². The van der Waals surface area contributed by atoms with Gasteiger partial charge in [-0.05, 0) is 5.46 Å². The maximum atomic E-state index is 13.9. The molecule has 0 aliphatic carbocycles. The number of halogens is 1. The Bertz CT molecular complexity index is 545. The zero-order valence-electron chi connectivity index (χ0n) is 9.63. The van der Waals surface area contributed by atoms with Gasteiger partial charge in [0.1, 0.15) is 18.9 Å². The minimum absolute atomic E-state index is 0.00645. The smallest absolute Gasteiger partial charge is 0.596 e. The topological polar surface area (TPSA) is 65.5 Å². The molecule has 0 N–H and O–H groups in total. The lowest BCUT2D eigenvalue weighted by Gasteiger charge is -2.39. The van der Waals surface area contributed by atoms with Gasteiger partial charge < -0.3 is 13.7 Å². The molecule has 2 aliphatic heterocycles. The number of likely N-dealkylation sites (N-methyl/N-ethyl adjacent to an activating group) is 1. The van der Waals surface area contributed by atoms with Gasteiger partial charge in [-0.2, -0.15) is 0 Å². The average Bonchev–Trinajstić information content (AvgIpc) is 2.63. The Kier molecular flexibility index (Phi) is 2.04. The molecule has 2 aliphatic rings. The van der Waals surface area contributed by atoms with Crippen molar-refractivity contribution in [1.82, 2.24) is 4.98 Å². The van der Waals surface area contributed by atoms with E-state index in [9.17, 15) is 14.0 Å². The molecule has 1 aromatic heterocycles. The molecule has 3 rings (SSSR count). The lowest BCUT2D eigenvalue weighted by molar-refractivity contribution is -0.791. The largest absolute Gasteiger partial charge is 0.617 e. The molecule has 3 heterocycles. The summed E-state index contributed by atoms with van der Waals surface area (Å²) < 4.78 is 24.2. The molecular formula is C10H10BFN2O4. The number of rotatable bonds is 1. The number of hydrogen-bond donors (Lipinski definition) is 0. The van der Waals surface area contributed by atoms with Crippen LogP contribution in [-0.4, -0.2) is 48.1 Å². The van der Waals surface area contributed by atoms with E-state index in [-0.39, 0.29) is 22.9 Å². The molecule has 2 fully saturated rings. The van der Waals surface area contributed by atoms with Gasteiger partial charge in [0.2, 0.25) is 0 Å². The van der Waals surface area contributed by atoms with Crippen molar-refractivity contribution in [3.05, 3.63) is 24.3 Å². The van der Waals surface area contributed by atoms with Crippen LogP contribution >= 0.6 is 0 Å². The highest BCUT2D eigenvalue weighted by atomic mass is 19.1. The minimum Gasteiger partial charge on any atom is -0.596 e. The van der Waals surface area contributed by atoms with Gasteiger partial charge in [-0.3, -0.25) is 14.6 Å². The summed E-state index contributed by atoms with van der Waals surface area (Å²) in [6, 6.07) is 1.38. The molecule has 0 bridgehead atoms. The van der Waals surface area contributed by atoms with E-state index < -0.39 is 24.4 Å². The van der Waals surface area contributed by atoms with Crippen LogP contribution in [0.25, 0.3) is 0 Å². The first-order valence-corrected chi connectivity index (χ1v) is 5.49. The number of quaternary nitrogens is 1. The first kappa shape index (κ1) is 11.2. The van der Waals surface area contributed by atoms with Crippen molar-refractivity contribution in [3.63, 3.8) is 0 Å². The van der Waals surface area contributed by atoms with Crippen LogP contribution < -0.4 is 5.46 Å². The van der Waals surface area contributed by atoms with Crippen LogP contribution in [0.3, 0.4) is 0 Å². The average molecular weight is 252 g/mol. The summed E-state index contributed by atoms with van der Waals surface area (Å²) in [7, 11) is 1.65. The first-order valence-electron chi connectivity index (χ1n) is 5.49. The maximum absolute atomic E-state index is 13.9. The summed E-state index contributed by atoms with van der Waals surface area (Å²) in [5.74, 6) is -1.64. The molecule has 18 heavy (non-hydrogen) atoms. The van der Waals surface area contributed by atoms with E-state index in [2.05, 4.69) is 4.98 Å². The summed E-state index contributed by atoms with van der Waals surface area (Å²) in [4.78, 5) is 26.6. The summed E-state index contributed by atoms with van der Waals surface area (Å²) in [6.07, 6.45) is 2.38. The van der Waals surface area contributed by atoms with Crippen molar-refractivity contribution in [2.24, 2.45) is 0 Å². The maximum Gasteiger partial charge on any atom is 0.617 e. The zero-order valence-corrected chi connectivity index (χ0v) is 9.63. The molecule has 94 valence electrons. The van der Waals surface area contributed by atoms with E-state index in [0.29, 0.717) is 0 Å². The lowest BCUT2D eigenvalue weighted by atomic mass is 9.61. The van der Waals surface area contributed by atoms with Crippen molar-refractivity contribution in [2.75, 3.05) is 20.1 Å². The van der Waals surface area contributed by atoms with Gasteiger partial charge >= 0.3 is 18.6 Å². The number of hydrogen-bond acceptors (Lipinski definition) is 5. The van der Waals surface area contributed by atoms with Gasteiger partial charge in [0.05, 0.1) is 6.20 Å². The molecule has 1 aromatic rings. The monoisotopic (exact) mass is 252 g/mol. The van der Waals surface area contributed by atoms with Crippen LogP contribution in [-0.2, 0) is 18.9 Å². The molecule has 0 aromatic carbocycles. The second kappa shape index (κ2) is 3.29. The van der Waals surface area contributed by atoms with Crippen molar-refractivity contribution in [3.8, 4) is 0 Å². The third kappa shape index (κ3) is 1.23. The summed E-state index contributed by atoms with van der Waals surface area (Å²) in [6.45, 7) is -2.50. The van der Waals surface area contributed by atoms with Gasteiger partial charge in [0, 0.05) is 13.2 Å². The van der Waals surface area contributed by atoms with Crippen LogP contribution in [0.2, 0.25) is 0 Å². The zero-order chi connectivity index (χ0) is 13.0. The van der Waals surface area contributed by atoms with E-state index >= 15 is 0 Å². The standard InChI is InChI=1S/C10H10BFN2O4/c1-14-5-9(15)17-11(14,18-10(16)6-14)7-2-3-13-4-8(7)12/h2-4H,5-6H2,1H3. The Hall–Kier alpha value is -1.96. The molecule has 8 heteroatoms. The Morgan fingerprint density at radius 3 is 2.50 bits per heavy atom. The van der Waals surface area contributed by atoms with E-state index in [4.69, 9.17) is 9.31 Å². The summed E-state index contributed by atoms with van der Waals surface area (Å²) in [5, 5.41) is 0. The molecule has 2 saturated heterocycles. The fraction of sp³-hybridized carbons (Fsp3) is 0.300. The van der Waals surface area contributed by atoms with Crippen molar-refractivity contribution >= 4 is 24.1 Å². The highest BCUT2D eigenvalue weighted by Crippen LogP contribution is 2.33. The number of aromatic nitrogens is 1. The number of nitrogens with zero attached hydrogens (tertiary/aromatic N) is 2. The third-order valence-corrected chi connectivity index (χ3v) is 3.58. The molecule has 0 saturated carbocycles. The number of carbonyl (C=O) groups is 2. The minimum atomic E-state index is -2.49. The molecule has 0 atom stereocenters. The second-order valence-electron chi connectivity index (χ2n) is 4.84. The van der Waals surface area contributed by atoms with E-state index in [1.165, 1.54) is 12.3 Å². The summed E-state index contributed by atoms with van der Waals surface area (Å²) in [5.41, 5.74) is 0.0733. The Morgan fingerprint density at radius 1 is 1.33 bits per heavy atom. The Balaban J connectivity index is 2.20. The fourth-order valence-electron chi connectivity index (χ4n) is 2.74. The van der Waals surface area contributed by atoms with Crippen LogP contribution in [0.4, 0.5) is 4.39 Å². The quantitative estimate of drug-likeness (QED) is 0.595. The Labute approximate surface area is 102 Å². The van der Waals surface area contributed by atoms with Gasteiger partial charge in [-0.15, -0.1) is 0 Å². The first-order chi connectivity index (χ1) is 8.47. The van der Waals surface area contributed by atoms with E-state index in [1.54, 1.807) is 7.05 Å². The fourth-order valence-corrected chi connectivity index (χ4v) is 2.74. The molecule has 0 spiro atoms. The van der Waals surface area contributed by atoms with E-state index in [0.717, 1.165) is 6.20 Å². The predicted molar refractivity (Wildman–Crippen MR) is 57.7 cm³/mol. The highest BCUT2D eigenvalue weighted by molar-refractivity contribution is 6.79. The van der Waals surface area contributed by atoms with Crippen molar-refractivity contribution in [1.29, 1.82) is 0 Å². The van der Waals surface area contributed by atoms with Crippen LogP contribution in [0, 0.1) is 5.82 Å². The van der Waals surface area contributed by atoms with Gasteiger partial charge in [-0.1, -0.05) is 6.07 Å². The highest BCUT2D eigenvalue weighted by Gasteiger charge is 2.67. The van der Waals surface area contributed by atoms with Crippen LogP contribution in [0.15, 0.2) is 18.5 Å². The van der Waals surface area contributed by atoms with Gasteiger partial charge in [0.15, 0.2) is 0 Å². The summed E-state index contributed by atoms with van der Waals surface area (Å²) >= 11 is 0. The molecular weight excluding hydrogens is 242 g/mol. The number of pyridine rings is 1. The molecule has 0 unspecified atom stereocenters. The van der Waals surface area contributed by atoms with Crippen LogP contribution in [0.1, 0.15) is 0 Å². The number of carbonyl (C=O) groups excluding carboxylic acids is 2. The normalized spacial score (nSPS) is 34.1. The van der Waals surface area contributed by atoms with E-state index in [1.807, 2.05) is 0 Å². The predicted octanol–water partition coefficient (Wildman–Crippen LogP) is -1.07. The third-order valence-electron chi connectivity index (χ3n) is 3.58. The molecule has 0 radical (unpaired) electrons. The SMILES string of the molecule is C[N+]12CC(=O)O[B-]1(c1ccncc1F)OC(=O)C2. The Morgan fingerprint density at radius 2 is 1.94 bits per heavy atom.